The Morgan fingerprint density at radius 1 is 1.04 bits per heavy atom. The van der Waals surface area contributed by atoms with Gasteiger partial charge in [-0.25, -0.2) is 0 Å². The SMILES string of the molecule is CC(N)(C(=O)NCCCCOCc1ccccc1)c1ccccc1.Cl. The number of rotatable bonds is 9. The highest BCUT2D eigenvalue weighted by atomic mass is 35.5. The number of carbonyl (C=O) groups excluding carboxylic acids is 1. The molecule has 3 N–H and O–H groups in total. The van der Waals surface area contributed by atoms with Crippen LogP contribution in [0, 0.1) is 0 Å². The van der Waals surface area contributed by atoms with Crippen LogP contribution in [-0.2, 0) is 21.7 Å². The third-order valence-electron chi connectivity index (χ3n) is 3.96. The van der Waals surface area contributed by atoms with Gasteiger partial charge in [0.15, 0.2) is 0 Å². The Kier molecular flexibility index (Phi) is 9.21. The largest absolute Gasteiger partial charge is 0.377 e. The highest BCUT2D eigenvalue weighted by Crippen LogP contribution is 2.17. The third-order valence-corrected chi connectivity index (χ3v) is 3.96. The number of ether oxygens (including phenoxy) is 1. The van der Waals surface area contributed by atoms with Crippen LogP contribution >= 0.6 is 12.4 Å². The average molecular weight is 363 g/mol. The first-order chi connectivity index (χ1) is 11.6. The highest BCUT2D eigenvalue weighted by Gasteiger charge is 2.29. The normalized spacial score (nSPS) is 12.7. The lowest BCUT2D eigenvalue weighted by Crippen LogP contribution is -2.49. The Balaban J connectivity index is 0.00000312. The summed E-state index contributed by atoms with van der Waals surface area (Å²) in [6.07, 6.45) is 1.77. The van der Waals surface area contributed by atoms with Gasteiger partial charge in [0.2, 0.25) is 5.91 Å². The average Bonchev–Trinajstić information content (AvgIpc) is 2.62. The Bertz CT molecular complexity index is 618. The number of halogens is 1. The predicted octanol–water partition coefficient (Wildman–Crippen LogP) is 3.40. The molecule has 0 spiro atoms. The number of hydrogen-bond acceptors (Lipinski definition) is 3. The van der Waals surface area contributed by atoms with E-state index in [2.05, 4.69) is 5.32 Å². The molecule has 25 heavy (non-hydrogen) atoms. The predicted molar refractivity (Wildman–Crippen MR) is 104 cm³/mol. The summed E-state index contributed by atoms with van der Waals surface area (Å²) in [6.45, 7) is 3.65. The van der Waals surface area contributed by atoms with E-state index in [4.69, 9.17) is 10.5 Å². The molecule has 1 unspecified atom stereocenters. The van der Waals surface area contributed by atoms with Gasteiger partial charge in [-0.15, -0.1) is 12.4 Å². The molecule has 0 bridgehead atoms. The molecule has 2 aromatic rings. The first-order valence-corrected chi connectivity index (χ1v) is 8.35. The molecule has 0 aromatic heterocycles. The molecule has 0 aliphatic carbocycles. The van der Waals surface area contributed by atoms with Gasteiger partial charge in [0.05, 0.1) is 6.61 Å². The summed E-state index contributed by atoms with van der Waals surface area (Å²) in [5.74, 6) is -0.154. The monoisotopic (exact) mass is 362 g/mol. The van der Waals surface area contributed by atoms with Crippen molar-refractivity contribution in [2.24, 2.45) is 5.73 Å². The molecule has 0 aliphatic rings. The second-order valence-corrected chi connectivity index (χ2v) is 6.07. The number of hydrogen-bond donors (Lipinski definition) is 2. The van der Waals surface area contributed by atoms with E-state index in [9.17, 15) is 4.79 Å². The van der Waals surface area contributed by atoms with Gasteiger partial charge in [-0.3, -0.25) is 4.79 Å². The summed E-state index contributed by atoms with van der Waals surface area (Å²) >= 11 is 0. The van der Waals surface area contributed by atoms with Gasteiger partial charge < -0.3 is 15.8 Å². The molecule has 2 rings (SSSR count). The molecule has 0 radical (unpaired) electrons. The van der Waals surface area contributed by atoms with Gasteiger partial charge in [0.25, 0.3) is 0 Å². The molecular weight excluding hydrogens is 336 g/mol. The lowest BCUT2D eigenvalue weighted by atomic mass is 9.92. The van der Waals surface area contributed by atoms with Crippen molar-refractivity contribution >= 4 is 18.3 Å². The van der Waals surface area contributed by atoms with Crippen LogP contribution in [0.2, 0.25) is 0 Å². The van der Waals surface area contributed by atoms with Crippen molar-refractivity contribution in [2.45, 2.75) is 31.9 Å². The molecule has 4 nitrogen and oxygen atoms in total. The van der Waals surface area contributed by atoms with Gasteiger partial charge in [0, 0.05) is 13.2 Å². The van der Waals surface area contributed by atoms with E-state index in [0.29, 0.717) is 19.8 Å². The fourth-order valence-corrected chi connectivity index (χ4v) is 2.39. The Hall–Kier alpha value is -1.88. The summed E-state index contributed by atoms with van der Waals surface area (Å²) in [7, 11) is 0. The number of nitrogens with two attached hydrogens (primary N) is 1. The standard InChI is InChI=1S/C20H26N2O2.ClH/c1-20(21,18-12-6-3-7-13-18)19(23)22-14-8-9-15-24-16-17-10-4-2-5-11-17;/h2-7,10-13H,8-9,14-16,21H2,1H3,(H,22,23);1H. The van der Waals surface area contributed by atoms with E-state index < -0.39 is 5.54 Å². The summed E-state index contributed by atoms with van der Waals surface area (Å²) in [4.78, 5) is 12.3. The lowest BCUT2D eigenvalue weighted by molar-refractivity contribution is -0.126. The number of carbonyl (C=O) groups is 1. The fourth-order valence-electron chi connectivity index (χ4n) is 2.39. The zero-order chi connectivity index (χ0) is 17.3. The maximum absolute atomic E-state index is 12.3. The van der Waals surface area contributed by atoms with Crippen LogP contribution in [0.25, 0.3) is 0 Å². The van der Waals surface area contributed by atoms with Crippen LogP contribution in [-0.4, -0.2) is 19.1 Å². The van der Waals surface area contributed by atoms with E-state index in [1.807, 2.05) is 60.7 Å². The number of amides is 1. The fraction of sp³-hybridized carbons (Fsp3) is 0.350. The molecule has 0 saturated heterocycles. The van der Waals surface area contributed by atoms with Crippen LogP contribution in [0.5, 0.6) is 0 Å². The van der Waals surface area contributed by atoms with Gasteiger partial charge in [-0.1, -0.05) is 60.7 Å². The number of nitrogens with one attached hydrogen (secondary N) is 1. The van der Waals surface area contributed by atoms with Crippen LogP contribution < -0.4 is 11.1 Å². The van der Waals surface area contributed by atoms with Crippen molar-refractivity contribution in [3.63, 3.8) is 0 Å². The van der Waals surface area contributed by atoms with E-state index in [1.165, 1.54) is 5.56 Å². The smallest absolute Gasteiger partial charge is 0.244 e. The molecule has 0 fully saturated rings. The van der Waals surface area contributed by atoms with Crippen molar-refractivity contribution in [1.82, 2.24) is 5.32 Å². The maximum Gasteiger partial charge on any atom is 0.244 e. The summed E-state index contributed by atoms with van der Waals surface area (Å²) in [6, 6.07) is 19.5. The quantitative estimate of drug-likeness (QED) is 0.672. The second-order valence-electron chi connectivity index (χ2n) is 6.07. The van der Waals surface area contributed by atoms with Crippen molar-refractivity contribution in [3.8, 4) is 0 Å². The van der Waals surface area contributed by atoms with Crippen molar-refractivity contribution < 1.29 is 9.53 Å². The number of benzene rings is 2. The van der Waals surface area contributed by atoms with E-state index in [0.717, 1.165) is 18.4 Å². The van der Waals surface area contributed by atoms with E-state index in [-0.39, 0.29) is 18.3 Å². The third kappa shape index (κ3) is 6.86. The molecule has 0 saturated carbocycles. The minimum Gasteiger partial charge on any atom is -0.377 e. The summed E-state index contributed by atoms with van der Waals surface area (Å²) in [5.41, 5.74) is 7.15. The van der Waals surface area contributed by atoms with Crippen molar-refractivity contribution in [2.75, 3.05) is 13.2 Å². The number of unbranched alkanes of at least 4 members (excludes halogenated alkanes) is 1. The van der Waals surface area contributed by atoms with Crippen molar-refractivity contribution in [3.05, 3.63) is 71.8 Å². The summed E-state index contributed by atoms with van der Waals surface area (Å²) in [5, 5.41) is 2.91. The molecule has 5 heteroatoms. The van der Waals surface area contributed by atoms with Crippen molar-refractivity contribution in [1.29, 1.82) is 0 Å². The highest BCUT2D eigenvalue weighted by molar-refractivity contribution is 5.86. The second kappa shape index (κ2) is 10.9. The molecular formula is C20H27ClN2O2. The lowest BCUT2D eigenvalue weighted by Gasteiger charge is -2.24. The first kappa shape index (κ1) is 21.2. The topological polar surface area (TPSA) is 64.4 Å². The van der Waals surface area contributed by atoms with Crippen LogP contribution in [0.4, 0.5) is 0 Å². The van der Waals surface area contributed by atoms with Gasteiger partial charge in [0.1, 0.15) is 5.54 Å². The summed E-state index contributed by atoms with van der Waals surface area (Å²) < 4.78 is 5.63. The van der Waals surface area contributed by atoms with Gasteiger partial charge >= 0.3 is 0 Å². The first-order valence-electron chi connectivity index (χ1n) is 8.35. The minimum absolute atomic E-state index is 0. The zero-order valence-corrected chi connectivity index (χ0v) is 15.4. The molecule has 0 heterocycles. The molecule has 1 amide bonds. The van der Waals surface area contributed by atoms with Crippen LogP contribution in [0.15, 0.2) is 60.7 Å². The maximum atomic E-state index is 12.3. The molecule has 136 valence electrons. The van der Waals surface area contributed by atoms with E-state index in [1.54, 1.807) is 6.92 Å². The van der Waals surface area contributed by atoms with E-state index >= 15 is 0 Å². The van der Waals surface area contributed by atoms with Crippen LogP contribution in [0.3, 0.4) is 0 Å². The van der Waals surface area contributed by atoms with Crippen LogP contribution in [0.1, 0.15) is 30.9 Å². The molecule has 2 aromatic carbocycles. The Morgan fingerprint density at radius 3 is 2.28 bits per heavy atom. The minimum atomic E-state index is -1.01. The molecule has 0 aliphatic heterocycles. The zero-order valence-electron chi connectivity index (χ0n) is 14.6. The van der Waals surface area contributed by atoms with Gasteiger partial charge in [-0.2, -0.15) is 0 Å². The van der Waals surface area contributed by atoms with Gasteiger partial charge in [-0.05, 0) is 30.9 Å². The molecule has 1 atom stereocenters. The Morgan fingerprint density at radius 2 is 1.64 bits per heavy atom. The Labute approximate surface area is 156 Å².